The summed E-state index contributed by atoms with van der Waals surface area (Å²) in [5.41, 5.74) is 0.621. The number of fused-ring (bicyclic) bond motifs is 2. The van der Waals surface area contributed by atoms with Crippen molar-refractivity contribution in [1.82, 2.24) is 9.47 Å². The van der Waals surface area contributed by atoms with Crippen LogP contribution in [0.2, 0.25) is 10.0 Å². The number of nitrogens with one attached hydrogen (secondary N) is 1. The van der Waals surface area contributed by atoms with E-state index in [-0.39, 0.29) is 23.9 Å². The molecule has 0 aliphatic carbocycles. The zero-order chi connectivity index (χ0) is 18.6. The van der Waals surface area contributed by atoms with Gasteiger partial charge in [0.2, 0.25) is 5.91 Å². The molecule has 1 N–H and O–H groups in total. The number of rotatable bonds is 1. The van der Waals surface area contributed by atoms with Gasteiger partial charge in [0, 0.05) is 43.7 Å². The topological polar surface area (TPSA) is 71.4 Å². The number of aryl methyl sites for hydroxylation is 1. The fourth-order valence-electron chi connectivity index (χ4n) is 3.66. The van der Waals surface area contributed by atoms with Gasteiger partial charge in [-0.05, 0) is 30.2 Å². The number of hydrogen-bond donors (Lipinski definition) is 1. The Kier molecular flexibility index (Phi) is 3.86. The SMILES string of the molecule is Cn1ccc(C(=O)N2CC[C@]3(C2)C(=O)Nc2cc(Cl)c(Cl)cc23)cc1=O. The quantitative estimate of drug-likeness (QED) is 0.811. The Balaban J connectivity index is 1.67. The number of halogens is 2. The molecule has 1 saturated heterocycles. The number of hydrogen-bond acceptors (Lipinski definition) is 3. The molecule has 1 spiro atoms. The Morgan fingerprint density at radius 1 is 1.19 bits per heavy atom. The lowest BCUT2D eigenvalue weighted by atomic mass is 9.81. The zero-order valence-electron chi connectivity index (χ0n) is 13.9. The van der Waals surface area contributed by atoms with Crippen LogP contribution >= 0.6 is 23.2 Å². The summed E-state index contributed by atoms with van der Waals surface area (Å²) in [7, 11) is 1.62. The number of amides is 2. The van der Waals surface area contributed by atoms with Crippen LogP contribution in [0.15, 0.2) is 35.3 Å². The van der Waals surface area contributed by atoms with E-state index >= 15 is 0 Å². The van der Waals surface area contributed by atoms with Gasteiger partial charge in [0.1, 0.15) is 0 Å². The lowest BCUT2D eigenvalue weighted by Crippen LogP contribution is -2.39. The molecule has 1 aromatic heterocycles. The van der Waals surface area contributed by atoms with Crippen LogP contribution < -0.4 is 10.9 Å². The molecule has 0 saturated carbocycles. The Labute approximate surface area is 159 Å². The summed E-state index contributed by atoms with van der Waals surface area (Å²) in [5.74, 6) is -0.425. The Hall–Kier alpha value is -2.31. The summed E-state index contributed by atoms with van der Waals surface area (Å²) < 4.78 is 1.40. The minimum Gasteiger partial charge on any atom is -0.337 e. The Morgan fingerprint density at radius 3 is 2.65 bits per heavy atom. The van der Waals surface area contributed by atoms with Gasteiger partial charge in [-0.2, -0.15) is 0 Å². The van der Waals surface area contributed by atoms with Crippen molar-refractivity contribution < 1.29 is 9.59 Å². The van der Waals surface area contributed by atoms with Crippen molar-refractivity contribution in [2.24, 2.45) is 7.05 Å². The summed E-state index contributed by atoms with van der Waals surface area (Å²) in [6, 6.07) is 6.25. The largest absolute Gasteiger partial charge is 0.337 e. The number of nitrogens with zero attached hydrogens (tertiary/aromatic N) is 2. The van der Waals surface area contributed by atoms with E-state index in [1.165, 1.54) is 10.6 Å². The Bertz CT molecular complexity index is 1020. The van der Waals surface area contributed by atoms with Crippen molar-refractivity contribution in [3.8, 4) is 0 Å². The van der Waals surface area contributed by atoms with Crippen molar-refractivity contribution in [2.45, 2.75) is 11.8 Å². The first-order valence-corrected chi connectivity index (χ1v) is 8.84. The first-order valence-electron chi connectivity index (χ1n) is 8.09. The summed E-state index contributed by atoms with van der Waals surface area (Å²) in [5, 5.41) is 3.58. The van der Waals surface area contributed by atoms with Crippen molar-refractivity contribution in [3.05, 3.63) is 62.0 Å². The predicted octanol–water partition coefficient (Wildman–Crippen LogP) is 2.43. The molecule has 2 aliphatic rings. The second-order valence-corrected chi connectivity index (χ2v) is 7.50. The molecule has 0 radical (unpaired) electrons. The van der Waals surface area contributed by atoms with Gasteiger partial charge in [-0.1, -0.05) is 23.2 Å². The molecular weight excluding hydrogens is 377 g/mol. The van der Waals surface area contributed by atoms with E-state index < -0.39 is 5.41 Å². The van der Waals surface area contributed by atoms with Crippen LogP contribution in [-0.2, 0) is 17.3 Å². The third-order valence-corrected chi connectivity index (χ3v) is 5.89. The molecule has 1 fully saturated rings. The maximum Gasteiger partial charge on any atom is 0.254 e. The fraction of sp³-hybridized carbons (Fsp3) is 0.278. The van der Waals surface area contributed by atoms with E-state index in [1.54, 1.807) is 36.3 Å². The lowest BCUT2D eigenvalue weighted by Gasteiger charge is -2.23. The average molecular weight is 392 g/mol. The van der Waals surface area contributed by atoms with Gasteiger partial charge in [0.15, 0.2) is 0 Å². The second-order valence-electron chi connectivity index (χ2n) is 6.69. The molecule has 3 heterocycles. The van der Waals surface area contributed by atoms with Crippen LogP contribution in [0.4, 0.5) is 5.69 Å². The van der Waals surface area contributed by atoms with Gasteiger partial charge in [0.25, 0.3) is 11.5 Å². The summed E-state index contributed by atoms with van der Waals surface area (Å²) in [4.78, 5) is 38.9. The van der Waals surface area contributed by atoms with Crippen LogP contribution in [0.25, 0.3) is 0 Å². The molecule has 2 aromatic rings. The summed E-state index contributed by atoms with van der Waals surface area (Å²) >= 11 is 12.2. The highest BCUT2D eigenvalue weighted by atomic mass is 35.5. The maximum absolute atomic E-state index is 12.8. The monoisotopic (exact) mass is 391 g/mol. The highest BCUT2D eigenvalue weighted by molar-refractivity contribution is 6.42. The maximum atomic E-state index is 12.8. The molecule has 0 unspecified atom stereocenters. The predicted molar refractivity (Wildman–Crippen MR) is 99.0 cm³/mol. The molecule has 6 nitrogen and oxygen atoms in total. The van der Waals surface area contributed by atoms with Gasteiger partial charge in [-0.3, -0.25) is 14.4 Å². The number of likely N-dealkylation sites (tertiary alicyclic amines) is 1. The normalized spacial score (nSPS) is 21.2. The Morgan fingerprint density at radius 2 is 1.92 bits per heavy atom. The van der Waals surface area contributed by atoms with Crippen molar-refractivity contribution >= 4 is 40.7 Å². The molecule has 8 heteroatoms. The third-order valence-electron chi connectivity index (χ3n) is 5.17. The number of benzene rings is 1. The van der Waals surface area contributed by atoms with Crippen LogP contribution in [-0.4, -0.2) is 34.4 Å². The van der Waals surface area contributed by atoms with Gasteiger partial charge < -0.3 is 14.8 Å². The highest BCUT2D eigenvalue weighted by Gasteiger charge is 2.52. The molecular formula is C18H15Cl2N3O3. The first kappa shape index (κ1) is 17.1. The van der Waals surface area contributed by atoms with E-state index in [1.807, 2.05) is 0 Å². The molecule has 2 aliphatic heterocycles. The number of carbonyl (C=O) groups excluding carboxylic acids is 2. The second kappa shape index (κ2) is 5.86. The number of pyridine rings is 1. The standard InChI is InChI=1S/C18H15Cl2N3O3/c1-22-4-2-10(6-15(22)24)16(25)23-5-3-18(9-23)11-7-12(19)13(20)8-14(11)21-17(18)26/h2,4,6-8H,3,5,9H2,1H3,(H,21,26)/t18-/m1/s1. The third kappa shape index (κ3) is 2.44. The van der Waals surface area contributed by atoms with E-state index in [0.717, 1.165) is 5.56 Å². The summed E-state index contributed by atoms with van der Waals surface area (Å²) in [6.45, 7) is 0.652. The molecule has 1 aromatic carbocycles. The molecule has 134 valence electrons. The van der Waals surface area contributed by atoms with E-state index in [4.69, 9.17) is 23.2 Å². The van der Waals surface area contributed by atoms with Gasteiger partial charge in [-0.25, -0.2) is 0 Å². The van der Waals surface area contributed by atoms with Gasteiger partial charge >= 0.3 is 0 Å². The highest BCUT2D eigenvalue weighted by Crippen LogP contribution is 2.46. The first-order chi connectivity index (χ1) is 12.3. The lowest BCUT2D eigenvalue weighted by molar-refractivity contribution is -0.120. The zero-order valence-corrected chi connectivity index (χ0v) is 15.4. The number of aromatic nitrogens is 1. The number of anilines is 1. The average Bonchev–Trinajstić information content (AvgIpc) is 3.15. The van der Waals surface area contributed by atoms with Gasteiger partial charge in [0.05, 0.1) is 15.5 Å². The minimum atomic E-state index is -0.834. The number of carbonyl (C=O) groups is 2. The molecule has 2 amide bonds. The molecule has 26 heavy (non-hydrogen) atoms. The van der Waals surface area contributed by atoms with E-state index in [9.17, 15) is 14.4 Å². The van der Waals surface area contributed by atoms with Crippen LogP contribution in [0, 0.1) is 0 Å². The molecule has 1 atom stereocenters. The van der Waals surface area contributed by atoms with Gasteiger partial charge in [-0.15, -0.1) is 0 Å². The minimum absolute atomic E-state index is 0.162. The smallest absolute Gasteiger partial charge is 0.254 e. The van der Waals surface area contributed by atoms with Crippen molar-refractivity contribution in [3.63, 3.8) is 0 Å². The van der Waals surface area contributed by atoms with E-state index in [2.05, 4.69) is 5.32 Å². The summed E-state index contributed by atoms with van der Waals surface area (Å²) in [6.07, 6.45) is 2.04. The molecule has 0 bridgehead atoms. The van der Waals surface area contributed by atoms with Crippen molar-refractivity contribution in [1.29, 1.82) is 0 Å². The van der Waals surface area contributed by atoms with E-state index in [0.29, 0.717) is 34.3 Å². The van der Waals surface area contributed by atoms with Crippen LogP contribution in [0.5, 0.6) is 0 Å². The van der Waals surface area contributed by atoms with Crippen molar-refractivity contribution in [2.75, 3.05) is 18.4 Å². The fourth-order valence-corrected chi connectivity index (χ4v) is 3.99. The van der Waals surface area contributed by atoms with Crippen LogP contribution in [0.1, 0.15) is 22.3 Å². The molecule has 4 rings (SSSR count). The van der Waals surface area contributed by atoms with Crippen LogP contribution in [0.3, 0.4) is 0 Å².